The summed E-state index contributed by atoms with van der Waals surface area (Å²) < 4.78 is 0. The normalized spacial score (nSPS) is 16.7. The predicted molar refractivity (Wildman–Crippen MR) is 101 cm³/mol. The van der Waals surface area contributed by atoms with Gasteiger partial charge in [0.2, 0.25) is 0 Å². The summed E-state index contributed by atoms with van der Waals surface area (Å²) in [6, 6.07) is 0. The molecule has 0 amide bonds. The second-order valence-electron chi connectivity index (χ2n) is 8.32. The molecule has 0 unspecified atom stereocenters. The van der Waals surface area contributed by atoms with Crippen molar-refractivity contribution < 1.29 is 0 Å². The van der Waals surface area contributed by atoms with Gasteiger partial charge in [-0.05, 0) is 5.57 Å². The monoisotopic (exact) mass is 312 g/mol. The Bertz CT molecular complexity index is 555. The Morgan fingerprint density at radius 1 is 0.810 bits per heavy atom. The Hall–Kier alpha value is -1.23. The van der Waals surface area contributed by atoms with Gasteiger partial charge >= 0.3 is 0 Å². The molecule has 1 aliphatic carbocycles. The first-order valence-corrected chi connectivity index (χ1v) is 14.6. The van der Waals surface area contributed by atoms with Gasteiger partial charge in [0.05, 0.1) is 5.57 Å². The molecule has 0 radical (unpaired) electrons. The summed E-state index contributed by atoms with van der Waals surface area (Å²) in [4.78, 5) is 0. The van der Waals surface area contributed by atoms with E-state index in [1.54, 1.807) is 0 Å². The van der Waals surface area contributed by atoms with E-state index in [2.05, 4.69) is 100 Å². The van der Waals surface area contributed by atoms with Crippen LogP contribution >= 0.6 is 0 Å². The van der Waals surface area contributed by atoms with Gasteiger partial charge in [-0.25, -0.2) is 0 Å². The molecule has 21 heavy (non-hydrogen) atoms. The van der Waals surface area contributed by atoms with E-state index < -0.39 is 16.1 Å². The molecule has 0 aromatic heterocycles. The van der Waals surface area contributed by atoms with Crippen molar-refractivity contribution in [3.63, 3.8) is 0 Å². The van der Waals surface area contributed by atoms with E-state index in [-0.39, 0.29) is 5.41 Å². The predicted octanol–water partition coefficient (Wildman–Crippen LogP) is 5.20. The molecular formula is C19H28Si2. The lowest BCUT2D eigenvalue weighted by atomic mass is 9.86. The van der Waals surface area contributed by atoms with Crippen LogP contribution in [0.4, 0.5) is 0 Å². The first kappa shape index (κ1) is 17.8. The van der Waals surface area contributed by atoms with E-state index in [1.807, 2.05) is 0 Å². The molecule has 0 nitrogen and oxygen atoms in total. The average Bonchev–Trinajstić information content (AvgIpc) is 2.27. The zero-order chi connectivity index (χ0) is 16.3. The highest BCUT2D eigenvalue weighted by Gasteiger charge is 2.14. The second kappa shape index (κ2) is 6.26. The van der Waals surface area contributed by atoms with E-state index in [0.717, 1.165) is 11.1 Å². The van der Waals surface area contributed by atoms with Crippen molar-refractivity contribution >= 4 is 16.1 Å². The van der Waals surface area contributed by atoms with Gasteiger partial charge in [0.1, 0.15) is 16.1 Å². The van der Waals surface area contributed by atoms with Crippen LogP contribution in [0.1, 0.15) is 13.8 Å². The summed E-state index contributed by atoms with van der Waals surface area (Å²) in [5.41, 5.74) is 9.18. The van der Waals surface area contributed by atoms with Crippen molar-refractivity contribution in [2.75, 3.05) is 0 Å². The maximum absolute atomic E-state index is 3.45. The van der Waals surface area contributed by atoms with Crippen molar-refractivity contribution in [3.8, 4) is 22.9 Å². The zero-order valence-electron chi connectivity index (χ0n) is 14.8. The van der Waals surface area contributed by atoms with Crippen LogP contribution in [0.25, 0.3) is 0 Å². The van der Waals surface area contributed by atoms with Gasteiger partial charge in [-0.1, -0.05) is 89.3 Å². The molecule has 112 valence electrons. The molecule has 0 bridgehead atoms. The Balaban J connectivity index is 3.29. The lowest BCUT2D eigenvalue weighted by Crippen LogP contribution is -2.17. The molecule has 1 aliphatic rings. The largest absolute Gasteiger partial charge is 0.129 e. The third-order valence-corrected chi connectivity index (χ3v) is 4.55. The Kier molecular flexibility index (Phi) is 5.32. The average molecular weight is 313 g/mol. The molecule has 0 atom stereocenters. The van der Waals surface area contributed by atoms with Crippen LogP contribution in [0, 0.1) is 28.3 Å². The van der Waals surface area contributed by atoms with E-state index in [0.29, 0.717) is 0 Å². The molecule has 0 aliphatic heterocycles. The van der Waals surface area contributed by atoms with Crippen LogP contribution in [-0.2, 0) is 0 Å². The van der Waals surface area contributed by atoms with Crippen molar-refractivity contribution in [1.29, 1.82) is 0 Å². The van der Waals surface area contributed by atoms with Gasteiger partial charge < -0.3 is 0 Å². The van der Waals surface area contributed by atoms with Crippen molar-refractivity contribution in [2.45, 2.75) is 53.1 Å². The Morgan fingerprint density at radius 2 is 1.19 bits per heavy atom. The molecular weight excluding hydrogens is 284 g/mol. The van der Waals surface area contributed by atoms with E-state index >= 15 is 0 Å². The van der Waals surface area contributed by atoms with Gasteiger partial charge in [0.15, 0.2) is 0 Å². The van der Waals surface area contributed by atoms with E-state index in [1.165, 1.54) is 0 Å². The molecule has 0 saturated carbocycles. The molecule has 0 saturated heterocycles. The van der Waals surface area contributed by atoms with E-state index in [9.17, 15) is 0 Å². The minimum atomic E-state index is -1.39. The van der Waals surface area contributed by atoms with Gasteiger partial charge in [0.25, 0.3) is 0 Å². The van der Waals surface area contributed by atoms with Gasteiger partial charge in [0, 0.05) is 5.41 Å². The standard InChI is InChI=1S/C19H28Si2/c1-19(2)13-9-17(10-14-19)18(11-15-20(3,4)5)12-16-21(6,7)8/h9-10,13-14H,1-8H3. The quantitative estimate of drug-likeness (QED) is 0.426. The minimum Gasteiger partial charge on any atom is -0.126 e. The molecule has 2 heteroatoms. The summed E-state index contributed by atoms with van der Waals surface area (Å²) >= 11 is 0. The Morgan fingerprint density at radius 3 is 1.52 bits per heavy atom. The van der Waals surface area contributed by atoms with Crippen LogP contribution in [-0.4, -0.2) is 16.1 Å². The number of hydrogen-bond donors (Lipinski definition) is 0. The minimum absolute atomic E-state index is 0.132. The maximum Gasteiger partial charge on any atom is 0.129 e. The van der Waals surface area contributed by atoms with Crippen LogP contribution in [0.3, 0.4) is 0 Å². The number of rotatable bonds is 0. The van der Waals surface area contributed by atoms with Crippen LogP contribution < -0.4 is 0 Å². The molecule has 0 aromatic rings. The van der Waals surface area contributed by atoms with Gasteiger partial charge in [-0.15, -0.1) is 11.1 Å². The third kappa shape index (κ3) is 7.37. The fourth-order valence-corrected chi connectivity index (χ4v) is 2.56. The molecule has 0 heterocycles. The third-order valence-electron chi connectivity index (χ3n) is 2.80. The summed E-state index contributed by atoms with van der Waals surface area (Å²) in [5, 5.41) is 0. The molecule has 0 spiro atoms. The first-order valence-electron chi connectivity index (χ1n) is 7.57. The lowest BCUT2D eigenvalue weighted by Gasteiger charge is -2.18. The fourth-order valence-electron chi connectivity index (χ4n) is 1.56. The van der Waals surface area contributed by atoms with Crippen LogP contribution in [0.15, 0.2) is 35.5 Å². The zero-order valence-corrected chi connectivity index (χ0v) is 16.8. The molecule has 0 aromatic carbocycles. The number of allylic oxidation sites excluding steroid dienone is 6. The summed E-state index contributed by atoms with van der Waals surface area (Å²) in [6.45, 7) is 18.0. The smallest absolute Gasteiger partial charge is 0.126 e. The summed E-state index contributed by atoms with van der Waals surface area (Å²) in [6.07, 6.45) is 8.81. The van der Waals surface area contributed by atoms with Crippen LogP contribution in [0.5, 0.6) is 0 Å². The molecule has 1 rings (SSSR count). The molecule has 0 N–H and O–H groups in total. The van der Waals surface area contributed by atoms with Crippen molar-refractivity contribution in [3.05, 3.63) is 35.5 Å². The molecule has 0 fully saturated rings. The fraction of sp³-hybridized carbons (Fsp3) is 0.474. The number of hydrogen-bond acceptors (Lipinski definition) is 0. The Labute approximate surface area is 133 Å². The topological polar surface area (TPSA) is 0 Å². The second-order valence-corrected chi connectivity index (χ2v) is 17.8. The summed E-state index contributed by atoms with van der Waals surface area (Å²) in [7, 11) is -2.77. The van der Waals surface area contributed by atoms with Gasteiger partial charge in [-0.2, -0.15) is 0 Å². The highest BCUT2D eigenvalue weighted by atomic mass is 28.3. The maximum atomic E-state index is 3.45. The SMILES string of the molecule is CC1(C)C=CC(=C(C#C[Si](C)(C)C)C#C[Si](C)(C)C)C=C1. The van der Waals surface area contributed by atoms with Crippen molar-refractivity contribution in [2.24, 2.45) is 5.41 Å². The van der Waals surface area contributed by atoms with E-state index in [4.69, 9.17) is 0 Å². The highest BCUT2D eigenvalue weighted by Crippen LogP contribution is 2.26. The lowest BCUT2D eigenvalue weighted by molar-refractivity contribution is 0.621. The first-order chi connectivity index (χ1) is 9.38. The van der Waals surface area contributed by atoms with Crippen LogP contribution in [0.2, 0.25) is 39.3 Å². The highest BCUT2D eigenvalue weighted by molar-refractivity contribution is 6.84. The summed E-state index contributed by atoms with van der Waals surface area (Å²) in [5.74, 6) is 6.73. The van der Waals surface area contributed by atoms with Gasteiger partial charge in [-0.3, -0.25) is 0 Å². The van der Waals surface area contributed by atoms with Crippen molar-refractivity contribution in [1.82, 2.24) is 0 Å².